The Hall–Kier alpha value is -3.17. The molecule has 150 valence electrons. The fourth-order valence-corrected chi connectivity index (χ4v) is 3.42. The van der Waals surface area contributed by atoms with Gasteiger partial charge in [0.15, 0.2) is 17.2 Å². The lowest BCUT2D eigenvalue weighted by Gasteiger charge is -2.07. The van der Waals surface area contributed by atoms with E-state index in [2.05, 4.69) is 4.99 Å². The molecule has 0 fully saturated rings. The van der Waals surface area contributed by atoms with Crippen molar-refractivity contribution in [3.8, 4) is 11.5 Å². The zero-order chi connectivity index (χ0) is 20.8. The number of carbonyl (C=O) groups is 1. The molecular weight excluding hydrogens is 418 g/mol. The monoisotopic (exact) mass is 433 g/mol. The van der Waals surface area contributed by atoms with Crippen LogP contribution in [0.1, 0.15) is 5.56 Å². The lowest BCUT2D eigenvalue weighted by molar-refractivity contribution is -0.385. The molecule has 1 heterocycles. The first-order valence-corrected chi connectivity index (χ1v) is 9.64. The van der Waals surface area contributed by atoms with Gasteiger partial charge in [-0.1, -0.05) is 29.8 Å². The van der Waals surface area contributed by atoms with Gasteiger partial charge in [-0.15, -0.1) is 11.3 Å². The number of hydrogen-bond donors (Lipinski definition) is 0. The Labute approximate surface area is 174 Å². The normalized spacial score (nSPS) is 11.3. The predicted octanol–water partition coefficient (Wildman–Crippen LogP) is 3.67. The van der Waals surface area contributed by atoms with Crippen molar-refractivity contribution in [1.82, 2.24) is 4.57 Å². The Balaban J connectivity index is 1.74. The summed E-state index contributed by atoms with van der Waals surface area (Å²) < 4.78 is 12.1. The molecule has 0 bridgehead atoms. The van der Waals surface area contributed by atoms with Gasteiger partial charge in [-0.3, -0.25) is 14.9 Å². The number of thiazole rings is 1. The second kappa shape index (κ2) is 9.35. The Morgan fingerprint density at radius 2 is 2.10 bits per heavy atom. The van der Waals surface area contributed by atoms with E-state index in [9.17, 15) is 14.9 Å². The van der Waals surface area contributed by atoms with Crippen LogP contribution in [-0.4, -0.2) is 29.1 Å². The summed E-state index contributed by atoms with van der Waals surface area (Å²) in [5, 5.41) is 13.6. The fourth-order valence-electron chi connectivity index (χ4n) is 2.48. The Kier molecular flexibility index (Phi) is 6.63. The summed E-state index contributed by atoms with van der Waals surface area (Å²) >= 11 is 7.48. The maximum Gasteiger partial charge on any atom is 0.314 e. The van der Waals surface area contributed by atoms with Crippen molar-refractivity contribution in [2.45, 2.75) is 6.54 Å². The van der Waals surface area contributed by atoms with Gasteiger partial charge >= 0.3 is 5.69 Å². The second-order valence-electron chi connectivity index (χ2n) is 5.79. The number of nitro benzene ring substituents is 1. The zero-order valence-corrected chi connectivity index (χ0v) is 16.9. The average molecular weight is 434 g/mol. The Morgan fingerprint density at radius 3 is 2.83 bits per heavy atom. The minimum absolute atomic E-state index is 0.0329. The van der Waals surface area contributed by atoms with Gasteiger partial charge in [0.1, 0.15) is 5.75 Å². The van der Waals surface area contributed by atoms with Crippen LogP contribution in [0.2, 0.25) is 5.02 Å². The first kappa shape index (κ1) is 20.6. The third kappa shape index (κ3) is 5.21. The van der Waals surface area contributed by atoms with Crippen molar-refractivity contribution >= 4 is 34.5 Å². The van der Waals surface area contributed by atoms with Crippen molar-refractivity contribution in [2.24, 2.45) is 4.99 Å². The Bertz CT molecular complexity index is 1110. The summed E-state index contributed by atoms with van der Waals surface area (Å²) in [6, 6.07) is 11.5. The molecule has 0 aliphatic carbocycles. The number of halogens is 1. The van der Waals surface area contributed by atoms with E-state index in [4.69, 9.17) is 21.1 Å². The molecule has 8 nitrogen and oxygen atoms in total. The van der Waals surface area contributed by atoms with Gasteiger partial charge in [0.05, 0.1) is 24.6 Å². The molecule has 3 rings (SSSR count). The van der Waals surface area contributed by atoms with Crippen molar-refractivity contribution in [1.29, 1.82) is 0 Å². The molecule has 0 saturated carbocycles. The van der Waals surface area contributed by atoms with Crippen molar-refractivity contribution in [2.75, 3.05) is 13.7 Å². The molecule has 0 spiro atoms. The second-order valence-corrected chi connectivity index (χ2v) is 7.07. The summed E-state index contributed by atoms with van der Waals surface area (Å²) in [6.45, 7) is 0.0251. The molecule has 0 atom stereocenters. The molecule has 0 aliphatic rings. The first-order valence-electron chi connectivity index (χ1n) is 8.38. The molecule has 0 aliphatic heterocycles. The zero-order valence-electron chi connectivity index (χ0n) is 15.3. The standard InChI is InChI=1S/C19H16ClN3O5S/c1-27-14-6-7-17(16(10-14)23(25)26)28-12-18(24)21-19-22(8-9-29-19)11-13-4-2-3-5-15(13)20/h2-10H,11-12H2,1H3. The summed E-state index contributed by atoms with van der Waals surface area (Å²) in [7, 11) is 1.40. The number of nitro groups is 1. The lowest BCUT2D eigenvalue weighted by atomic mass is 10.2. The van der Waals surface area contributed by atoms with Crippen LogP contribution in [0.4, 0.5) is 5.69 Å². The molecule has 10 heteroatoms. The largest absolute Gasteiger partial charge is 0.496 e. The van der Waals surface area contributed by atoms with E-state index in [1.165, 1.54) is 36.6 Å². The molecule has 29 heavy (non-hydrogen) atoms. The number of methoxy groups -OCH3 is 1. The molecule has 0 saturated heterocycles. The average Bonchev–Trinajstić information content (AvgIpc) is 3.14. The van der Waals surface area contributed by atoms with Crippen LogP contribution in [0, 0.1) is 10.1 Å². The molecule has 2 aromatic carbocycles. The molecular formula is C19H16ClN3O5S. The minimum atomic E-state index is -0.601. The highest BCUT2D eigenvalue weighted by molar-refractivity contribution is 7.07. The highest BCUT2D eigenvalue weighted by atomic mass is 35.5. The summed E-state index contributed by atoms with van der Waals surface area (Å²) in [5.41, 5.74) is 0.605. The van der Waals surface area contributed by atoms with Crippen LogP contribution < -0.4 is 14.3 Å². The third-order valence-corrected chi connectivity index (χ3v) is 5.06. The topological polar surface area (TPSA) is 96.0 Å². The van der Waals surface area contributed by atoms with Gasteiger partial charge in [-0.05, 0) is 23.8 Å². The summed E-state index contributed by atoms with van der Waals surface area (Å²) in [6.07, 6.45) is 1.80. The highest BCUT2D eigenvalue weighted by Crippen LogP contribution is 2.30. The molecule has 0 N–H and O–H groups in total. The van der Waals surface area contributed by atoms with Gasteiger partial charge in [0.25, 0.3) is 5.91 Å². The number of benzene rings is 2. The summed E-state index contributed by atoms with van der Waals surface area (Å²) in [4.78, 5) is 27.3. The van der Waals surface area contributed by atoms with E-state index in [0.717, 1.165) is 5.56 Å². The van der Waals surface area contributed by atoms with E-state index >= 15 is 0 Å². The van der Waals surface area contributed by atoms with Gasteiger partial charge in [0, 0.05) is 16.6 Å². The number of carbonyl (C=O) groups excluding carboxylic acids is 1. The Morgan fingerprint density at radius 1 is 1.31 bits per heavy atom. The number of amides is 1. The SMILES string of the molecule is COc1ccc(OCC(=O)N=c2sccn2Cc2ccccc2Cl)c([N+](=O)[O-])c1. The molecule has 0 radical (unpaired) electrons. The minimum Gasteiger partial charge on any atom is -0.496 e. The number of rotatable bonds is 7. The molecule has 3 aromatic rings. The number of hydrogen-bond acceptors (Lipinski definition) is 6. The van der Waals surface area contributed by atoms with Crippen LogP contribution in [0.5, 0.6) is 11.5 Å². The van der Waals surface area contributed by atoms with Crippen LogP contribution >= 0.6 is 22.9 Å². The maximum atomic E-state index is 12.2. The van der Waals surface area contributed by atoms with Gasteiger partial charge in [-0.2, -0.15) is 4.99 Å². The predicted molar refractivity (Wildman–Crippen MR) is 109 cm³/mol. The maximum absolute atomic E-state index is 12.2. The van der Waals surface area contributed by atoms with Crippen molar-refractivity contribution in [3.63, 3.8) is 0 Å². The lowest BCUT2D eigenvalue weighted by Crippen LogP contribution is -2.19. The molecule has 1 aromatic heterocycles. The van der Waals surface area contributed by atoms with Crippen LogP contribution in [0.3, 0.4) is 0 Å². The van der Waals surface area contributed by atoms with E-state index < -0.39 is 17.4 Å². The fraction of sp³-hybridized carbons (Fsp3) is 0.158. The molecule has 0 unspecified atom stereocenters. The number of aromatic nitrogens is 1. The van der Waals surface area contributed by atoms with Crippen LogP contribution in [-0.2, 0) is 11.3 Å². The van der Waals surface area contributed by atoms with Crippen molar-refractivity contribution in [3.05, 3.63) is 79.5 Å². The van der Waals surface area contributed by atoms with Crippen molar-refractivity contribution < 1.29 is 19.2 Å². The van der Waals surface area contributed by atoms with E-state index in [1.807, 2.05) is 18.2 Å². The van der Waals surface area contributed by atoms with Gasteiger partial charge in [-0.25, -0.2) is 0 Å². The van der Waals surface area contributed by atoms with E-state index in [1.54, 1.807) is 22.2 Å². The highest BCUT2D eigenvalue weighted by Gasteiger charge is 2.17. The van der Waals surface area contributed by atoms with Gasteiger partial charge in [0.2, 0.25) is 0 Å². The summed E-state index contributed by atoms with van der Waals surface area (Å²) in [5.74, 6) is -0.279. The van der Waals surface area contributed by atoms with E-state index in [-0.39, 0.29) is 11.4 Å². The van der Waals surface area contributed by atoms with Gasteiger partial charge < -0.3 is 14.0 Å². The number of nitrogens with zero attached hydrogens (tertiary/aromatic N) is 3. The quantitative estimate of drug-likeness (QED) is 0.418. The smallest absolute Gasteiger partial charge is 0.314 e. The first-order chi connectivity index (χ1) is 14.0. The molecule has 1 amide bonds. The number of ether oxygens (including phenoxy) is 2. The third-order valence-electron chi connectivity index (χ3n) is 3.89. The van der Waals surface area contributed by atoms with Crippen LogP contribution in [0.25, 0.3) is 0 Å². The van der Waals surface area contributed by atoms with Crippen LogP contribution in [0.15, 0.2) is 59.0 Å². The van der Waals surface area contributed by atoms with E-state index in [0.29, 0.717) is 22.1 Å².